The van der Waals surface area contributed by atoms with E-state index in [1.165, 1.54) is 11.3 Å². The average Bonchev–Trinajstić information content (AvgIpc) is 3.12. The largest absolute Gasteiger partial charge is 0.316 e. The molecule has 0 atom stereocenters. The summed E-state index contributed by atoms with van der Waals surface area (Å²) in [5.41, 5.74) is 1.66. The van der Waals surface area contributed by atoms with Crippen molar-refractivity contribution in [2.24, 2.45) is 4.99 Å². The number of hydrogen-bond acceptors (Lipinski definition) is 4. The Labute approximate surface area is 173 Å². The van der Waals surface area contributed by atoms with Crippen LogP contribution in [0, 0.1) is 0 Å². The summed E-state index contributed by atoms with van der Waals surface area (Å²) in [6.07, 6.45) is 0.891. The first-order chi connectivity index (χ1) is 13.5. The lowest BCUT2D eigenvalue weighted by atomic mass is 10.1. The van der Waals surface area contributed by atoms with Crippen molar-refractivity contribution in [2.45, 2.75) is 19.9 Å². The highest BCUT2D eigenvalue weighted by atomic mass is 79.9. The summed E-state index contributed by atoms with van der Waals surface area (Å²) in [6.45, 7) is 2.41. The zero-order chi connectivity index (χ0) is 19.8. The monoisotopic (exact) mass is 457 g/mol. The molecule has 1 aliphatic heterocycles. The molecule has 4 rings (SSSR count). The number of halogens is 1. The Bertz CT molecular complexity index is 1160. The predicted octanol–water partition coefficient (Wildman–Crippen LogP) is 3.60. The van der Waals surface area contributed by atoms with E-state index >= 15 is 0 Å². The van der Waals surface area contributed by atoms with E-state index in [1.54, 1.807) is 24.3 Å². The molecular formula is C20H16BrN3O3S. The number of aryl methyl sites for hydroxylation is 1. The van der Waals surface area contributed by atoms with Gasteiger partial charge in [0, 0.05) is 11.0 Å². The number of aromatic nitrogens is 1. The summed E-state index contributed by atoms with van der Waals surface area (Å²) >= 11 is 4.87. The molecule has 0 aliphatic carbocycles. The average molecular weight is 458 g/mol. The van der Waals surface area contributed by atoms with Gasteiger partial charge in [0.15, 0.2) is 4.80 Å². The molecule has 0 N–H and O–H groups in total. The van der Waals surface area contributed by atoms with Crippen molar-refractivity contribution in [1.29, 1.82) is 0 Å². The smallest absolute Gasteiger partial charge is 0.268 e. The summed E-state index contributed by atoms with van der Waals surface area (Å²) in [7, 11) is 0. The molecule has 28 heavy (non-hydrogen) atoms. The van der Waals surface area contributed by atoms with Crippen molar-refractivity contribution in [1.82, 2.24) is 9.47 Å². The Morgan fingerprint density at radius 3 is 2.43 bits per heavy atom. The Morgan fingerprint density at radius 1 is 1.11 bits per heavy atom. The third kappa shape index (κ3) is 3.22. The molecule has 2 heterocycles. The molecular weight excluding hydrogens is 442 g/mol. The first kappa shape index (κ1) is 18.8. The molecule has 1 aromatic heterocycles. The van der Waals surface area contributed by atoms with Crippen LogP contribution in [0.3, 0.4) is 0 Å². The predicted molar refractivity (Wildman–Crippen MR) is 110 cm³/mol. The van der Waals surface area contributed by atoms with E-state index in [0.717, 1.165) is 32.6 Å². The van der Waals surface area contributed by atoms with E-state index in [-0.39, 0.29) is 6.54 Å². The van der Waals surface area contributed by atoms with Gasteiger partial charge in [-0.15, -0.1) is 0 Å². The zero-order valence-corrected chi connectivity index (χ0v) is 17.4. The van der Waals surface area contributed by atoms with Crippen LogP contribution in [0.2, 0.25) is 0 Å². The number of hydrogen-bond donors (Lipinski definition) is 0. The molecule has 0 spiro atoms. The van der Waals surface area contributed by atoms with Gasteiger partial charge in [0.2, 0.25) is 0 Å². The van der Waals surface area contributed by atoms with Crippen LogP contribution in [0.25, 0.3) is 10.2 Å². The van der Waals surface area contributed by atoms with Crippen LogP contribution in [-0.4, -0.2) is 33.7 Å². The Balaban J connectivity index is 1.67. The van der Waals surface area contributed by atoms with Crippen LogP contribution in [0.5, 0.6) is 0 Å². The number of amides is 3. The summed E-state index contributed by atoms with van der Waals surface area (Å²) < 4.78 is 3.95. The van der Waals surface area contributed by atoms with E-state index in [0.29, 0.717) is 15.9 Å². The second kappa shape index (κ2) is 7.44. The van der Waals surface area contributed by atoms with Gasteiger partial charge in [-0.05, 0) is 36.8 Å². The van der Waals surface area contributed by atoms with Crippen molar-refractivity contribution in [2.75, 3.05) is 6.54 Å². The normalized spacial score (nSPS) is 14.2. The van der Waals surface area contributed by atoms with Crippen LogP contribution in [0.1, 0.15) is 34.1 Å². The topological polar surface area (TPSA) is 71.7 Å². The lowest BCUT2D eigenvalue weighted by molar-refractivity contribution is -0.118. The highest BCUT2D eigenvalue weighted by Crippen LogP contribution is 2.23. The van der Waals surface area contributed by atoms with Gasteiger partial charge in [-0.3, -0.25) is 19.3 Å². The minimum atomic E-state index is -0.523. The Hall–Kier alpha value is -2.58. The quantitative estimate of drug-likeness (QED) is 0.561. The SMILES string of the molecule is CCCn1c(=NC(=O)CN2C(=O)c3ccccc3C2=O)sc2cc(Br)ccc21. The summed E-state index contributed by atoms with van der Waals surface area (Å²) in [5.74, 6) is -1.43. The van der Waals surface area contributed by atoms with Crippen molar-refractivity contribution in [3.63, 3.8) is 0 Å². The maximum absolute atomic E-state index is 12.6. The van der Waals surface area contributed by atoms with Crippen molar-refractivity contribution in [3.05, 3.63) is 62.9 Å². The van der Waals surface area contributed by atoms with Crippen LogP contribution < -0.4 is 4.80 Å². The number of carbonyl (C=O) groups excluding carboxylic acids is 3. The molecule has 3 amide bonds. The second-order valence-electron chi connectivity index (χ2n) is 6.40. The molecule has 0 saturated carbocycles. The minimum absolute atomic E-state index is 0.327. The van der Waals surface area contributed by atoms with E-state index in [9.17, 15) is 14.4 Å². The van der Waals surface area contributed by atoms with Gasteiger partial charge in [-0.25, -0.2) is 0 Å². The molecule has 2 aromatic carbocycles. The van der Waals surface area contributed by atoms with Crippen molar-refractivity contribution >= 4 is 55.2 Å². The molecule has 142 valence electrons. The first-order valence-corrected chi connectivity index (χ1v) is 10.4. The van der Waals surface area contributed by atoms with Crippen LogP contribution >= 0.6 is 27.3 Å². The van der Waals surface area contributed by atoms with Crippen LogP contribution in [0.15, 0.2) is 51.9 Å². The molecule has 0 radical (unpaired) electrons. The first-order valence-electron chi connectivity index (χ1n) is 8.81. The van der Waals surface area contributed by atoms with Gasteiger partial charge in [0.05, 0.1) is 21.3 Å². The third-order valence-corrected chi connectivity index (χ3v) is 6.02. The molecule has 3 aromatic rings. The second-order valence-corrected chi connectivity index (χ2v) is 8.32. The van der Waals surface area contributed by atoms with Gasteiger partial charge in [0.25, 0.3) is 17.7 Å². The summed E-state index contributed by atoms with van der Waals surface area (Å²) in [6, 6.07) is 12.5. The van der Waals surface area contributed by atoms with Gasteiger partial charge in [-0.1, -0.05) is 46.3 Å². The summed E-state index contributed by atoms with van der Waals surface area (Å²) in [4.78, 5) is 43.2. The fraction of sp³-hybridized carbons (Fsp3) is 0.200. The lowest BCUT2D eigenvalue weighted by Crippen LogP contribution is -2.35. The van der Waals surface area contributed by atoms with Gasteiger partial charge in [-0.2, -0.15) is 4.99 Å². The number of nitrogens with zero attached hydrogens (tertiary/aromatic N) is 3. The Morgan fingerprint density at radius 2 is 1.79 bits per heavy atom. The van der Waals surface area contributed by atoms with E-state index in [1.807, 2.05) is 22.8 Å². The fourth-order valence-electron chi connectivity index (χ4n) is 3.23. The highest BCUT2D eigenvalue weighted by Gasteiger charge is 2.36. The fourth-order valence-corrected chi connectivity index (χ4v) is 4.86. The molecule has 0 bridgehead atoms. The van der Waals surface area contributed by atoms with E-state index in [2.05, 4.69) is 27.8 Å². The molecule has 6 nitrogen and oxygen atoms in total. The van der Waals surface area contributed by atoms with Gasteiger partial charge < -0.3 is 4.57 Å². The standard InChI is InChI=1S/C20H16BrN3O3S/c1-2-9-23-15-8-7-12(21)10-16(15)28-20(23)22-17(25)11-24-18(26)13-5-3-4-6-14(13)19(24)27/h3-8,10H,2,9,11H2,1H3. The lowest BCUT2D eigenvalue weighted by Gasteiger charge is -2.10. The maximum Gasteiger partial charge on any atom is 0.268 e. The maximum atomic E-state index is 12.6. The van der Waals surface area contributed by atoms with Crippen LogP contribution in [0.4, 0.5) is 0 Å². The van der Waals surface area contributed by atoms with E-state index < -0.39 is 17.7 Å². The van der Waals surface area contributed by atoms with Crippen LogP contribution in [-0.2, 0) is 11.3 Å². The van der Waals surface area contributed by atoms with Crippen molar-refractivity contribution < 1.29 is 14.4 Å². The number of thiazole rings is 1. The number of fused-ring (bicyclic) bond motifs is 2. The number of benzene rings is 2. The zero-order valence-electron chi connectivity index (χ0n) is 15.0. The number of rotatable bonds is 4. The van der Waals surface area contributed by atoms with Crippen molar-refractivity contribution in [3.8, 4) is 0 Å². The molecule has 1 aliphatic rings. The highest BCUT2D eigenvalue weighted by molar-refractivity contribution is 9.10. The Kier molecular flexibility index (Phi) is 4.99. The molecule has 0 unspecified atom stereocenters. The van der Waals surface area contributed by atoms with Gasteiger partial charge >= 0.3 is 0 Å². The molecule has 8 heteroatoms. The number of imide groups is 1. The summed E-state index contributed by atoms with van der Waals surface area (Å²) in [5, 5.41) is 0. The minimum Gasteiger partial charge on any atom is -0.316 e. The molecule has 0 saturated heterocycles. The van der Waals surface area contributed by atoms with Gasteiger partial charge in [0.1, 0.15) is 6.54 Å². The third-order valence-electron chi connectivity index (χ3n) is 4.48. The molecule has 0 fully saturated rings. The number of carbonyl (C=O) groups is 3. The van der Waals surface area contributed by atoms with E-state index in [4.69, 9.17) is 0 Å².